The van der Waals surface area contributed by atoms with Gasteiger partial charge in [-0.25, -0.2) is 0 Å². The van der Waals surface area contributed by atoms with Gasteiger partial charge >= 0.3 is 11.9 Å². The van der Waals surface area contributed by atoms with Crippen LogP contribution in [0.15, 0.2) is 11.4 Å². The first kappa shape index (κ1) is 29.5. The molecule has 4 N–H and O–H groups in total. The molecule has 0 saturated heterocycles. The molecule has 0 bridgehead atoms. The van der Waals surface area contributed by atoms with Gasteiger partial charge in [0.15, 0.2) is 0 Å². The number of hydrogen-bond acceptors (Lipinski definition) is 10. The van der Waals surface area contributed by atoms with Gasteiger partial charge in [-0.05, 0) is 58.0 Å². The number of nitrogens with two attached hydrogens (primary N) is 2. The Morgan fingerprint density at radius 2 is 1.27 bits per heavy atom. The van der Waals surface area contributed by atoms with E-state index in [0.29, 0.717) is 52.2 Å². The summed E-state index contributed by atoms with van der Waals surface area (Å²) in [7, 11) is 6.16. The molecule has 0 heterocycles. The minimum absolute atomic E-state index is 0.163. The zero-order valence-electron chi connectivity index (χ0n) is 20.8. The van der Waals surface area contributed by atoms with Crippen LogP contribution in [0.1, 0.15) is 44.9 Å². The first-order chi connectivity index (χ1) is 15.9. The summed E-state index contributed by atoms with van der Waals surface area (Å²) in [6.07, 6.45) is 5.03. The Morgan fingerprint density at radius 1 is 0.788 bits per heavy atom. The Bertz CT molecular complexity index is 620. The van der Waals surface area contributed by atoms with Crippen molar-refractivity contribution in [3.8, 4) is 0 Å². The predicted molar refractivity (Wildman–Crippen MR) is 135 cm³/mol. The van der Waals surface area contributed by atoms with Gasteiger partial charge in [0.25, 0.3) is 0 Å². The standard InChI is InChI=1S/C23H45N5O4S/c1-26(13-8-18-33)21-22(27(2)14-16-31-19(29)9-4-6-11-24)23(21)28(3)15-17-32-20(30)10-5-7-12-25/h22,33H,4-18,24-25H2,1-3H3. The summed E-state index contributed by atoms with van der Waals surface area (Å²) in [6, 6.07) is 0.163. The summed E-state index contributed by atoms with van der Waals surface area (Å²) in [5.41, 5.74) is 13.4. The van der Waals surface area contributed by atoms with Crippen LogP contribution < -0.4 is 11.5 Å². The molecule has 0 spiro atoms. The van der Waals surface area contributed by atoms with Gasteiger partial charge in [-0.15, -0.1) is 0 Å². The van der Waals surface area contributed by atoms with Crippen molar-refractivity contribution < 1.29 is 19.1 Å². The lowest BCUT2D eigenvalue weighted by molar-refractivity contribution is -0.145. The van der Waals surface area contributed by atoms with Gasteiger partial charge in [-0.2, -0.15) is 12.6 Å². The molecule has 0 saturated carbocycles. The van der Waals surface area contributed by atoms with Crippen molar-refractivity contribution in [2.24, 2.45) is 11.5 Å². The fraction of sp³-hybridized carbons (Fsp3) is 0.826. The smallest absolute Gasteiger partial charge is 0.305 e. The quantitative estimate of drug-likeness (QED) is 0.132. The average Bonchev–Trinajstić information content (AvgIpc) is 3.54. The molecule has 10 heteroatoms. The fourth-order valence-corrected chi connectivity index (χ4v) is 3.81. The Balaban J connectivity index is 2.53. The molecule has 1 atom stereocenters. The van der Waals surface area contributed by atoms with Gasteiger partial charge in [0, 0.05) is 40.0 Å². The molecule has 0 aromatic heterocycles. The van der Waals surface area contributed by atoms with E-state index < -0.39 is 0 Å². The van der Waals surface area contributed by atoms with Crippen LogP contribution in [0.25, 0.3) is 0 Å². The molecular weight excluding hydrogens is 442 g/mol. The lowest BCUT2D eigenvalue weighted by Gasteiger charge is -2.23. The molecule has 1 aliphatic rings. The highest BCUT2D eigenvalue weighted by molar-refractivity contribution is 7.80. The summed E-state index contributed by atoms with van der Waals surface area (Å²) in [5, 5.41) is 0. The number of carbonyl (C=O) groups excluding carboxylic acids is 2. The van der Waals surface area contributed by atoms with E-state index in [1.807, 2.05) is 14.1 Å². The summed E-state index contributed by atoms with van der Waals surface area (Å²) >= 11 is 4.33. The van der Waals surface area contributed by atoms with Crippen molar-refractivity contribution in [1.82, 2.24) is 14.7 Å². The van der Waals surface area contributed by atoms with Gasteiger partial charge in [0.1, 0.15) is 13.2 Å². The number of carbonyl (C=O) groups is 2. The van der Waals surface area contributed by atoms with Crippen LogP contribution in [-0.2, 0) is 19.1 Å². The zero-order valence-corrected chi connectivity index (χ0v) is 21.7. The number of likely N-dealkylation sites (N-methyl/N-ethyl adjacent to an activating group) is 3. The second-order valence-corrected chi connectivity index (χ2v) is 8.95. The molecule has 192 valence electrons. The van der Waals surface area contributed by atoms with Crippen molar-refractivity contribution in [3.63, 3.8) is 0 Å². The van der Waals surface area contributed by atoms with Gasteiger partial charge in [0.2, 0.25) is 0 Å². The van der Waals surface area contributed by atoms with Crippen molar-refractivity contribution >= 4 is 24.6 Å². The third kappa shape index (κ3) is 11.5. The van der Waals surface area contributed by atoms with Crippen molar-refractivity contribution in [2.45, 2.75) is 51.0 Å². The molecule has 1 rings (SSSR count). The molecule has 9 nitrogen and oxygen atoms in total. The van der Waals surface area contributed by atoms with E-state index in [2.05, 4.69) is 34.4 Å². The van der Waals surface area contributed by atoms with Gasteiger partial charge in [-0.1, -0.05) is 0 Å². The van der Waals surface area contributed by atoms with Crippen molar-refractivity contribution in [3.05, 3.63) is 11.4 Å². The Morgan fingerprint density at radius 3 is 1.76 bits per heavy atom. The summed E-state index contributed by atoms with van der Waals surface area (Å²) < 4.78 is 10.8. The van der Waals surface area contributed by atoms with E-state index in [-0.39, 0.29) is 18.0 Å². The molecule has 0 aromatic carbocycles. The van der Waals surface area contributed by atoms with E-state index in [9.17, 15) is 9.59 Å². The first-order valence-corrected chi connectivity index (χ1v) is 12.7. The topological polar surface area (TPSA) is 114 Å². The molecule has 1 unspecified atom stereocenters. The summed E-state index contributed by atoms with van der Waals surface area (Å²) in [4.78, 5) is 30.3. The van der Waals surface area contributed by atoms with Crippen molar-refractivity contribution in [1.29, 1.82) is 0 Å². The highest BCUT2D eigenvalue weighted by Gasteiger charge is 2.44. The van der Waals surface area contributed by atoms with Crippen LogP contribution in [0.4, 0.5) is 0 Å². The summed E-state index contributed by atoms with van der Waals surface area (Å²) in [5.74, 6) is 0.496. The Labute approximate surface area is 205 Å². The van der Waals surface area contributed by atoms with Crippen LogP contribution in [-0.4, -0.2) is 106 Å². The van der Waals surface area contributed by atoms with Gasteiger partial charge in [0.05, 0.1) is 24.0 Å². The second-order valence-electron chi connectivity index (χ2n) is 8.51. The maximum Gasteiger partial charge on any atom is 0.305 e. The Kier molecular flexibility index (Phi) is 15.2. The number of thiol groups is 1. The molecule has 0 aromatic rings. The number of hydrogen-bond donors (Lipinski definition) is 3. The SMILES string of the molecule is CN(CCCS)C1=C(N(C)CCOC(=O)CCCCN)C1N(C)CCOC(=O)CCCCN. The van der Waals surface area contributed by atoms with Gasteiger partial charge in [-0.3, -0.25) is 14.5 Å². The summed E-state index contributed by atoms with van der Waals surface area (Å²) in [6.45, 7) is 4.10. The van der Waals surface area contributed by atoms with Crippen molar-refractivity contribution in [2.75, 3.05) is 72.8 Å². The molecule has 33 heavy (non-hydrogen) atoms. The average molecular weight is 488 g/mol. The van der Waals surface area contributed by atoms with Crippen LogP contribution in [0.2, 0.25) is 0 Å². The van der Waals surface area contributed by atoms with E-state index in [0.717, 1.165) is 44.4 Å². The minimum Gasteiger partial charge on any atom is -0.464 e. The van der Waals surface area contributed by atoms with Crippen LogP contribution in [0.3, 0.4) is 0 Å². The van der Waals surface area contributed by atoms with E-state index in [1.165, 1.54) is 11.4 Å². The van der Waals surface area contributed by atoms with E-state index >= 15 is 0 Å². The molecule has 1 aliphatic carbocycles. The van der Waals surface area contributed by atoms with E-state index in [1.54, 1.807) is 0 Å². The minimum atomic E-state index is -0.172. The highest BCUT2D eigenvalue weighted by Crippen LogP contribution is 2.39. The van der Waals surface area contributed by atoms with Crippen LogP contribution in [0.5, 0.6) is 0 Å². The predicted octanol–water partition coefficient (Wildman–Crippen LogP) is 1.04. The highest BCUT2D eigenvalue weighted by atomic mass is 32.1. The van der Waals surface area contributed by atoms with Crippen LogP contribution >= 0.6 is 12.6 Å². The number of ether oxygens (including phenoxy) is 2. The largest absolute Gasteiger partial charge is 0.464 e. The second kappa shape index (κ2) is 17.0. The maximum absolute atomic E-state index is 11.8. The number of rotatable bonds is 20. The maximum atomic E-state index is 11.8. The lowest BCUT2D eigenvalue weighted by atomic mass is 10.2. The van der Waals surface area contributed by atoms with E-state index in [4.69, 9.17) is 20.9 Å². The number of esters is 2. The molecule has 0 amide bonds. The number of nitrogens with zero attached hydrogens (tertiary/aromatic N) is 3. The number of unbranched alkanes of at least 4 members (excludes halogenated alkanes) is 2. The Hall–Kier alpha value is -1.49. The third-order valence-electron chi connectivity index (χ3n) is 5.68. The first-order valence-electron chi connectivity index (χ1n) is 12.1. The lowest BCUT2D eigenvalue weighted by Crippen LogP contribution is -2.33. The monoisotopic (exact) mass is 487 g/mol. The fourth-order valence-electron chi connectivity index (χ4n) is 3.66. The molecule has 0 radical (unpaired) electrons. The van der Waals surface area contributed by atoms with Gasteiger partial charge < -0.3 is 30.7 Å². The third-order valence-corrected chi connectivity index (χ3v) is 6.00. The molecule has 0 fully saturated rings. The van der Waals surface area contributed by atoms with Crippen LogP contribution in [0, 0.1) is 0 Å². The zero-order chi connectivity index (χ0) is 24.6. The molecular formula is C23H45N5O4S. The normalized spacial score (nSPS) is 15.1. The molecule has 0 aliphatic heterocycles.